The molecule has 0 saturated carbocycles. The number of hydrogen-bond donors (Lipinski definition) is 0. The fourth-order valence-corrected chi connectivity index (χ4v) is 3.16. The van der Waals surface area contributed by atoms with Crippen molar-refractivity contribution in [2.75, 3.05) is 20.6 Å². The van der Waals surface area contributed by atoms with E-state index in [2.05, 4.69) is 50.2 Å². The van der Waals surface area contributed by atoms with Gasteiger partial charge >= 0.3 is 0 Å². The second-order valence-corrected chi connectivity index (χ2v) is 6.28. The van der Waals surface area contributed by atoms with Crippen molar-refractivity contribution in [3.05, 3.63) is 29.3 Å². The first-order chi connectivity index (χ1) is 8.66. The molecule has 0 aliphatic rings. The highest BCUT2D eigenvalue weighted by Gasteiger charge is 2.10. The van der Waals surface area contributed by atoms with Gasteiger partial charge < -0.3 is 4.90 Å². The lowest BCUT2D eigenvalue weighted by molar-refractivity contribution is 0.388. The number of hydrogen-bond acceptors (Lipinski definition) is 3. The summed E-state index contributed by atoms with van der Waals surface area (Å²) in [5.74, 6) is 0.588. The van der Waals surface area contributed by atoms with Crippen molar-refractivity contribution in [1.29, 1.82) is 0 Å². The first kappa shape index (κ1) is 13.5. The molecule has 3 heteroatoms. The molecule has 0 spiro atoms. The van der Waals surface area contributed by atoms with E-state index < -0.39 is 0 Å². The monoisotopic (exact) mass is 262 g/mol. The van der Waals surface area contributed by atoms with Gasteiger partial charge in [0.2, 0.25) is 0 Å². The van der Waals surface area contributed by atoms with E-state index in [4.69, 9.17) is 4.98 Å². The van der Waals surface area contributed by atoms with Gasteiger partial charge in [0.15, 0.2) is 0 Å². The Morgan fingerprint density at radius 1 is 1.22 bits per heavy atom. The van der Waals surface area contributed by atoms with Crippen LogP contribution in [0.4, 0.5) is 0 Å². The summed E-state index contributed by atoms with van der Waals surface area (Å²) in [5, 5.41) is 1.29. The lowest BCUT2D eigenvalue weighted by Gasteiger charge is -2.11. The van der Waals surface area contributed by atoms with Crippen molar-refractivity contribution in [3.63, 3.8) is 0 Å². The number of nitrogens with zero attached hydrogens (tertiary/aromatic N) is 2. The Morgan fingerprint density at radius 3 is 2.72 bits per heavy atom. The van der Waals surface area contributed by atoms with Gasteiger partial charge in [0, 0.05) is 5.92 Å². The quantitative estimate of drug-likeness (QED) is 0.728. The molecule has 0 radical (unpaired) electrons. The molecule has 0 bridgehead atoms. The minimum absolute atomic E-state index is 0.588. The van der Waals surface area contributed by atoms with Crippen LogP contribution in [0.15, 0.2) is 24.3 Å². The summed E-state index contributed by atoms with van der Waals surface area (Å²) in [6.07, 6.45) is 3.81. The summed E-state index contributed by atoms with van der Waals surface area (Å²) in [7, 11) is 4.27. The average molecular weight is 262 g/mol. The van der Waals surface area contributed by atoms with Crippen LogP contribution in [-0.4, -0.2) is 30.5 Å². The van der Waals surface area contributed by atoms with Crippen molar-refractivity contribution < 1.29 is 0 Å². The summed E-state index contributed by atoms with van der Waals surface area (Å²) in [6, 6.07) is 8.42. The smallest absolute Gasteiger partial charge is 0.0966 e. The summed E-state index contributed by atoms with van der Waals surface area (Å²) < 4.78 is 1.31. The molecule has 0 fully saturated rings. The molecule has 1 aromatic carbocycles. The van der Waals surface area contributed by atoms with Crippen LogP contribution in [0.3, 0.4) is 0 Å². The van der Waals surface area contributed by atoms with Crippen LogP contribution >= 0.6 is 11.3 Å². The van der Waals surface area contributed by atoms with E-state index in [0.29, 0.717) is 5.92 Å². The van der Waals surface area contributed by atoms with E-state index in [1.165, 1.54) is 35.5 Å². The highest BCUT2D eigenvalue weighted by molar-refractivity contribution is 7.18. The number of rotatable bonds is 6. The van der Waals surface area contributed by atoms with Gasteiger partial charge in [0.25, 0.3) is 0 Å². The molecular weight excluding hydrogens is 240 g/mol. The zero-order chi connectivity index (χ0) is 13.0. The van der Waals surface area contributed by atoms with Crippen LogP contribution in [0.25, 0.3) is 10.2 Å². The molecule has 18 heavy (non-hydrogen) atoms. The van der Waals surface area contributed by atoms with Crippen LogP contribution in [0.1, 0.15) is 37.1 Å². The maximum atomic E-state index is 4.73. The van der Waals surface area contributed by atoms with Gasteiger partial charge in [-0.2, -0.15) is 0 Å². The van der Waals surface area contributed by atoms with Crippen molar-refractivity contribution in [2.24, 2.45) is 0 Å². The Morgan fingerprint density at radius 2 is 2.00 bits per heavy atom. The highest BCUT2D eigenvalue weighted by Crippen LogP contribution is 2.29. The molecule has 2 nitrogen and oxygen atoms in total. The molecule has 2 rings (SSSR count). The van der Waals surface area contributed by atoms with E-state index in [-0.39, 0.29) is 0 Å². The predicted molar refractivity (Wildman–Crippen MR) is 80.4 cm³/mol. The van der Waals surface area contributed by atoms with Gasteiger partial charge in [0.05, 0.1) is 15.2 Å². The zero-order valence-corrected chi connectivity index (χ0v) is 12.3. The van der Waals surface area contributed by atoms with E-state index in [1.54, 1.807) is 0 Å². The molecule has 98 valence electrons. The van der Waals surface area contributed by atoms with Crippen LogP contribution in [0, 0.1) is 0 Å². The van der Waals surface area contributed by atoms with Gasteiger partial charge in [-0.1, -0.05) is 25.5 Å². The van der Waals surface area contributed by atoms with Gasteiger partial charge in [-0.05, 0) is 45.6 Å². The number of para-hydroxylation sites is 1. The largest absolute Gasteiger partial charge is 0.309 e. The van der Waals surface area contributed by atoms with Crippen LogP contribution < -0.4 is 0 Å². The molecule has 1 unspecified atom stereocenters. The van der Waals surface area contributed by atoms with Crippen LogP contribution in [-0.2, 0) is 0 Å². The lowest BCUT2D eigenvalue weighted by atomic mass is 10.1. The standard InChI is InChI=1S/C15H22N2S/c1-12(8-6-7-11-17(2)3)15-16-13-9-4-5-10-14(13)18-15/h4-5,9-10,12H,6-8,11H2,1-3H3. The van der Waals surface area contributed by atoms with Gasteiger partial charge in [0.1, 0.15) is 0 Å². The molecule has 0 amide bonds. The van der Waals surface area contributed by atoms with Crippen LogP contribution in [0.2, 0.25) is 0 Å². The van der Waals surface area contributed by atoms with Crippen molar-refractivity contribution in [1.82, 2.24) is 9.88 Å². The molecule has 0 N–H and O–H groups in total. The van der Waals surface area contributed by atoms with E-state index in [1.807, 2.05) is 11.3 Å². The zero-order valence-electron chi connectivity index (χ0n) is 11.5. The third-order valence-electron chi connectivity index (χ3n) is 3.22. The number of fused-ring (bicyclic) bond motifs is 1. The summed E-state index contributed by atoms with van der Waals surface area (Å²) >= 11 is 1.85. The fourth-order valence-electron chi connectivity index (χ4n) is 2.10. The Balaban J connectivity index is 1.90. The molecular formula is C15H22N2S. The van der Waals surface area contributed by atoms with E-state index >= 15 is 0 Å². The maximum absolute atomic E-state index is 4.73. The lowest BCUT2D eigenvalue weighted by Crippen LogP contribution is -2.12. The fraction of sp³-hybridized carbons (Fsp3) is 0.533. The Kier molecular flexibility index (Phi) is 4.72. The third-order valence-corrected chi connectivity index (χ3v) is 4.49. The molecule has 0 aliphatic heterocycles. The SMILES string of the molecule is CC(CCCCN(C)C)c1nc2ccccc2s1. The number of thiazole rings is 1. The Bertz CT molecular complexity index is 457. The van der Waals surface area contributed by atoms with Crippen LogP contribution in [0.5, 0.6) is 0 Å². The normalized spacial score (nSPS) is 13.3. The van der Waals surface area contributed by atoms with Gasteiger partial charge in [-0.15, -0.1) is 11.3 Å². The summed E-state index contributed by atoms with van der Waals surface area (Å²) in [4.78, 5) is 6.99. The minimum Gasteiger partial charge on any atom is -0.309 e. The highest BCUT2D eigenvalue weighted by atomic mass is 32.1. The molecule has 1 aromatic heterocycles. The Hall–Kier alpha value is -0.930. The summed E-state index contributed by atoms with van der Waals surface area (Å²) in [6.45, 7) is 3.49. The Labute approximate surface area is 114 Å². The first-order valence-corrected chi connectivity index (χ1v) is 7.48. The van der Waals surface area contributed by atoms with Crippen molar-refractivity contribution >= 4 is 21.6 Å². The molecule has 1 heterocycles. The van der Waals surface area contributed by atoms with Gasteiger partial charge in [-0.25, -0.2) is 4.98 Å². The minimum atomic E-state index is 0.588. The molecule has 0 aliphatic carbocycles. The number of unbranched alkanes of at least 4 members (excludes halogenated alkanes) is 1. The summed E-state index contributed by atoms with van der Waals surface area (Å²) in [5.41, 5.74) is 1.15. The third kappa shape index (κ3) is 3.53. The first-order valence-electron chi connectivity index (χ1n) is 6.67. The average Bonchev–Trinajstić information content (AvgIpc) is 2.78. The molecule has 1 atom stereocenters. The van der Waals surface area contributed by atoms with E-state index in [0.717, 1.165) is 5.52 Å². The van der Waals surface area contributed by atoms with Gasteiger partial charge in [-0.3, -0.25) is 0 Å². The molecule has 0 saturated heterocycles. The second-order valence-electron chi connectivity index (χ2n) is 5.22. The van der Waals surface area contributed by atoms with Crippen molar-refractivity contribution in [3.8, 4) is 0 Å². The van der Waals surface area contributed by atoms with E-state index in [9.17, 15) is 0 Å². The predicted octanol–water partition coefficient (Wildman–Crippen LogP) is 4.13. The topological polar surface area (TPSA) is 16.1 Å². The number of benzene rings is 1. The molecule has 2 aromatic rings. The van der Waals surface area contributed by atoms with Crippen molar-refractivity contribution in [2.45, 2.75) is 32.1 Å². The maximum Gasteiger partial charge on any atom is 0.0966 e. The number of aromatic nitrogens is 1. The second kappa shape index (κ2) is 6.30.